The molecular weight excluding hydrogens is 354 g/mol. The van der Waals surface area contributed by atoms with Gasteiger partial charge in [0.05, 0.1) is 12.1 Å². The fraction of sp³-hybridized carbons (Fsp3) is 0.909. The summed E-state index contributed by atoms with van der Waals surface area (Å²) in [5, 5.41) is 6.34. The van der Waals surface area contributed by atoms with Crippen molar-refractivity contribution in [1.82, 2.24) is 15.5 Å². The van der Waals surface area contributed by atoms with Gasteiger partial charge in [0.1, 0.15) is 6.10 Å². The largest absolute Gasteiger partial charge is 0.365 e. The molecule has 160 valence electrons. The summed E-state index contributed by atoms with van der Waals surface area (Å²) in [6.07, 6.45) is 9.37. The first-order valence-electron chi connectivity index (χ1n) is 11.5. The quantitative estimate of drug-likeness (QED) is 0.697. The summed E-state index contributed by atoms with van der Waals surface area (Å²) in [6, 6.07) is -0.0305. The molecule has 0 aromatic rings. The van der Waals surface area contributed by atoms with Crippen molar-refractivity contribution in [2.75, 3.05) is 26.2 Å². The van der Waals surface area contributed by atoms with Gasteiger partial charge >= 0.3 is 0 Å². The molecule has 5 unspecified atom stereocenters. The monoisotopic (exact) mass is 393 g/mol. The van der Waals surface area contributed by atoms with Crippen LogP contribution in [-0.4, -0.2) is 61.1 Å². The number of rotatable bonds is 7. The van der Waals surface area contributed by atoms with E-state index in [1.165, 1.54) is 12.8 Å². The summed E-state index contributed by atoms with van der Waals surface area (Å²) in [4.78, 5) is 27.3. The highest BCUT2D eigenvalue weighted by Gasteiger charge is 2.32. The highest BCUT2D eigenvalue weighted by atomic mass is 16.5. The summed E-state index contributed by atoms with van der Waals surface area (Å²) in [7, 11) is 0. The Labute approximate surface area is 170 Å². The molecule has 0 radical (unpaired) electrons. The molecule has 0 spiro atoms. The highest BCUT2D eigenvalue weighted by molar-refractivity contribution is 5.82. The molecule has 3 aliphatic rings. The molecule has 2 N–H and O–H groups in total. The number of amides is 2. The van der Waals surface area contributed by atoms with Crippen molar-refractivity contribution < 1.29 is 14.3 Å². The zero-order valence-electron chi connectivity index (χ0n) is 17.8. The van der Waals surface area contributed by atoms with Gasteiger partial charge < -0.3 is 20.3 Å². The Morgan fingerprint density at radius 3 is 2.75 bits per heavy atom. The Kier molecular flexibility index (Phi) is 8.15. The number of ether oxygens (including phenoxy) is 1. The molecule has 1 saturated carbocycles. The van der Waals surface area contributed by atoms with Crippen molar-refractivity contribution >= 4 is 11.8 Å². The second-order valence-electron chi connectivity index (χ2n) is 9.11. The van der Waals surface area contributed by atoms with E-state index in [4.69, 9.17) is 4.74 Å². The number of carbonyl (C=O) groups is 2. The molecule has 0 bridgehead atoms. The van der Waals surface area contributed by atoms with E-state index in [2.05, 4.69) is 17.6 Å². The van der Waals surface area contributed by atoms with Gasteiger partial charge in [-0.05, 0) is 63.3 Å². The third kappa shape index (κ3) is 5.93. The highest BCUT2D eigenvalue weighted by Crippen LogP contribution is 2.28. The fourth-order valence-corrected chi connectivity index (χ4v) is 4.98. The van der Waals surface area contributed by atoms with Gasteiger partial charge in [0.25, 0.3) is 5.91 Å². The first-order chi connectivity index (χ1) is 13.6. The SMILES string of the molecule is CCC(OC1CCCC(C)C1)C(=O)N1CCCC(CNC(=O)C2CCCN2)C1. The molecule has 28 heavy (non-hydrogen) atoms. The van der Waals surface area contributed by atoms with Gasteiger partial charge in [0.2, 0.25) is 5.91 Å². The third-order valence-electron chi connectivity index (χ3n) is 6.66. The molecule has 0 aromatic heterocycles. The molecule has 0 aromatic carbocycles. The van der Waals surface area contributed by atoms with E-state index in [-0.39, 0.29) is 30.1 Å². The first kappa shape index (κ1) is 21.6. The molecule has 2 amide bonds. The Balaban J connectivity index is 1.46. The summed E-state index contributed by atoms with van der Waals surface area (Å²) < 4.78 is 6.26. The fourth-order valence-electron chi connectivity index (χ4n) is 4.98. The van der Waals surface area contributed by atoms with Crippen molar-refractivity contribution in [2.24, 2.45) is 11.8 Å². The summed E-state index contributed by atoms with van der Waals surface area (Å²) in [5.41, 5.74) is 0. The molecule has 2 aliphatic heterocycles. The minimum absolute atomic E-state index is 0.0305. The van der Waals surface area contributed by atoms with Crippen LogP contribution in [0, 0.1) is 11.8 Å². The van der Waals surface area contributed by atoms with E-state index in [0.29, 0.717) is 18.4 Å². The molecule has 5 atom stereocenters. The lowest BCUT2D eigenvalue weighted by atomic mass is 9.88. The third-order valence-corrected chi connectivity index (χ3v) is 6.66. The minimum Gasteiger partial charge on any atom is -0.365 e. The van der Waals surface area contributed by atoms with Gasteiger partial charge in [-0.25, -0.2) is 0 Å². The van der Waals surface area contributed by atoms with Crippen LogP contribution in [0.4, 0.5) is 0 Å². The molecule has 1 aliphatic carbocycles. The number of hydrogen-bond acceptors (Lipinski definition) is 4. The topological polar surface area (TPSA) is 70.7 Å². The first-order valence-corrected chi connectivity index (χ1v) is 11.5. The molecule has 6 heteroatoms. The van der Waals surface area contributed by atoms with E-state index in [0.717, 1.165) is 64.6 Å². The van der Waals surface area contributed by atoms with Crippen LogP contribution < -0.4 is 10.6 Å². The van der Waals surface area contributed by atoms with Crippen LogP contribution in [0.15, 0.2) is 0 Å². The lowest BCUT2D eigenvalue weighted by Gasteiger charge is -2.36. The number of nitrogens with one attached hydrogen (secondary N) is 2. The molecule has 2 saturated heterocycles. The van der Waals surface area contributed by atoms with Crippen molar-refractivity contribution in [1.29, 1.82) is 0 Å². The lowest BCUT2D eigenvalue weighted by Crippen LogP contribution is -2.49. The van der Waals surface area contributed by atoms with Gasteiger partial charge in [0.15, 0.2) is 0 Å². The number of carbonyl (C=O) groups excluding carboxylic acids is 2. The van der Waals surface area contributed by atoms with Crippen molar-refractivity contribution in [2.45, 2.75) is 89.9 Å². The Morgan fingerprint density at radius 1 is 1.18 bits per heavy atom. The van der Waals surface area contributed by atoms with Crippen LogP contribution in [-0.2, 0) is 14.3 Å². The normalized spacial score (nSPS) is 32.1. The molecule has 2 heterocycles. The Morgan fingerprint density at radius 2 is 2.04 bits per heavy atom. The molecule has 3 fully saturated rings. The van der Waals surface area contributed by atoms with Crippen LogP contribution in [0.3, 0.4) is 0 Å². The predicted molar refractivity (Wildman–Crippen MR) is 110 cm³/mol. The predicted octanol–water partition coefficient (Wildman–Crippen LogP) is 2.47. The van der Waals surface area contributed by atoms with E-state index < -0.39 is 0 Å². The van der Waals surface area contributed by atoms with Gasteiger partial charge in [-0.15, -0.1) is 0 Å². The number of nitrogens with zero attached hydrogens (tertiary/aromatic N) is 1. The van der Waals surface area contributed by atoms with E-state index in [1.807, 2.05) is 11.8 Å². The maximum Gasteiger partial charge on any atom is 0.251 e. The molecule has 6 nitrogen and oxygen atoms in total. The second-order valence-corrected chi connectivity index (χ2v) is 9.11. The second kappa shape index (κ2) is 10.6. The number of piperidine rings is 1. The number of likely N-dealkylation sites (tertiary alicyclic amines) is 1. The summed E-state index contributed by atoms with van der Waals surface area (Å²) in [5.74, 6) is 1.30. The maximum atomic E-state index is 13.1. The standard InChI is InChI=1S/C22H39N3O3/c1-3-20(28-18-9-4-7-16(2)13-18)22(27)25-12-6-8-17(15-25)14-24-21(26)19-10-5-11-23-19/h16-20,23H,3-15H2,1-2H3,(H,24,26). The zero-order chi connectivity index (χ0) is 19.9. The van der Waals surface area contributed by atoms with Gasteiger partial charge in [-0.2, -0.15) is 0 Å². The Bertz CT molecular complexity index is 521. The van der Waals surface area contributed by atoms with Crippen LogP contribution in [0.2, 0.25) is 0 Å². The smallest absolute Gasteiger partial charge is 0.251 e. The van der Waals surface area contributed by atoms with Crippen LogP contribution >= 0.6 is 0 Å². The molecular formula is C22H39N3O3. The van der Waals surface area contributed by atoms with Crippen LogP contribution in [0.25, 0.3) is 0 Å². The van der Waals surface area contributed by atoms with Crippen molar-refractivity contribution in [3.05, 3.63) is 0 Å². The summed E-state index contributed by atoms with van der Waals surface area (Å²) in [6.45, 7) is 7.47. The van der Waals surface area contributed by atoms with E-state index in [9.17, 15) is 9.59 Å². The lowest BCUT2D eigenvalue weighted by molar-refractivity contribution is -0.151. The van der Waals surface area contributed by atoms with Crippen molar-refractivity contribution in [3.63, 3.8) is 0 Å². The van der Waals surface area contributed by atoms with Gasteiger partial charge in [-0.1, -0.05) is 26.7 Å². The zero-order valence-corrected chi connectivity index (χ0v) is 17.8. The summed E-state index contributed by atoms with van der Waals surface area (Å²) >= 11 is 0. The minimum atomic E-state index is -0.314. The van der Waals surface area contributed by atoms with E-state index >= 15 is 0 Å². The maximum absolute atomic E-state index is 13.1. The van der Waals surface area contributed by atoms with E-state index in [1.54, 1.807) is 0 Å². The average Bonchev–Trinajstić information content (AvgIpc) is 3.25. The van der Waals surface area contributed by atoms with Crippen LogP contribution in [0.1, 0.15) is 71.6 Å². The molecule has 3 rings (SSSR count). The van der Waals surface area contributed by atoms with Gasteiger partial charge in [-0.3, -0.25) is 9.59 Å². The Hall–Kier alpha value is -1.14. The van der Waals surface area contributed by atoms with Crippen molar-refractivity contribution in [3.8, 4) is 0 Å². The van der Waals surface area contributed by atoms with Gasteiger partial charge in [0, 0.05) is 19.6 Å². The van der Waals surface area contributed by atoms with Crippen LogP contribution in [0.5, 0.6) is 0 Å². The number of hydrogen-bond donors (Lipinski definition) is 2. The average molecular weight is 394 g/mol.